The highest BCUT2D eigenvalue weighted by atomic mass is 16.5. The number of carbonyl (C=O) groups is 2. The lowest BCUT2D eigenvalue weighted by Gasteiger charge is -2.23. The van der Waals surface area contributed by atoms with Crippen LogP contribution in [0, 0.1) is 5.92 Å². The first-order valence-electron chi connectivity index (χ1n) is 6.81. The number of rotatable bonds is 0. The van der Waals surface area contributed by atoms with E-state index in [1.165, 1.54) is 0 Å². The lowest BCUT2D eigenvalue weighted by molar-refractivity contribution is -0.154. The first-order chi connectivity index (χ1) is 8.66. The van der Waals surface area contributed by atoms with Crippen molar-refractivity contribution in [3.05, 3.63) is 12.2 Å². The van der Waals surface area contributed by atoms with Crippen LogP contribution in [0.1, 0.15) is 45.4 Å². The maximum Gasteiger partial charge on any atom is 0.309 e. The van der Waals surface area contributed by atoms with E-state index in [1.807, 2.05) is 19.1 Å². The van der Waals surface area contributed by atoms with Crippen LogP contribution < -0.4 is 5.32 Å². The summed E-state index contributed by atoms with van der Waals surface area (Å²) in [5.74, 6) is -0.190. The van der Waals surface area contributed by atoms with Crippen molar-refractivity contribution < 1.29 is 14.3 Å². The number of ether oxygens (including phenoxy) is 1. The van der Waals surface area contributed by atoms with Gasteiger partial charge in [-0.1, -0.05) is 19.1 Å². The Morgan fingerprint density at radius 3 is 2.94 bits per heavy atom. The summed E-state index contributed by atoms with van der Waals surface area (Å²) in [4.78, 5) is 23.6. The zero-order valence-electron chi connectivity index (χ0n) is 10.9. The first kappa shape index (κ1) is 13.1. The number of amides is 1. The van der Waals surface area contributed by atoms with E-state index in [4.69, 9.17) is 4.74 Å². The fourth-order valence-corrected chi connectivity index (χ4v) is 2.51. The van der Waals surface area contributed by atoms with Crippen LogP contribution in [-0.2, 0) is 14.3 Å². The third kappa shape index (κ3) is 3.34. The Morgan fingerprint density at radius 1 is 1.28 bits per heavy atom. The summed E-state index contributed by atoms with van der Waals surface area (Å²) in [6, 6.07) is 0.0112. The molecule has 4 heteroatoms. The van der Waals surface area contributed by atoms with E-state index in [0.717, 1.165) is 25.7 Å². The largest absolute Gasteiger partial charge is 0.460 e. The zero-order valence-corrected chi connectivity index (χ0v) is 10.9. The van der Waals surface area contributed by atoms with Crippen LogP contribution in [0.3, 0.4) is 0 Å². The number of carbonyl (C=O) groups excluding carboxylic acids is 2. The molecule has 1 heterocycles. The summed E-state index contributed by atoms with van der Waals surface area (Å²) < 4.78 is 5.52. The van der Waals surface area contributed by atoms with Gasteiger partial charge in [-0.3, -0.25) is 9.59 Å². The molecular formula is C14H21NO3. The number of hydrogen-bond donors (Lipinski definition) is 1. The van der Waals surface area contributed by atoms with Crippen LogP contribution in [0.15, 0.2) is 12.2 Å². The Morgan fingerprint density at radius 2 is 2.11 bits per heavy atom. The molecule has 1 fully saturated rings. The van der Waals surface area contributed by atoms with Gasteiger partial charge in [0, 0.05) is 6.42 Å². The quantitative estimate of drug-likeness (QED) is 0.529. The highest BCUT2D eigenvalue weighted by Gasteiger charge is 2.32. The molecule has 1 N–H and O–H groups in total. The molecule has 0 aromatic rings. The van der Waals surface area contributed by atoms with Gasteiger partial charge in [0.2, 0.25) is 5.91 Å². The van der Waals surface area contributed by atoms with Gasteiger partial charge < -0.3 is 10.1 Å². The predicted molar refractivity (Wildman–Crippen MR) is 67.8 cm³/mol. The van der Waals surface area contributed by atoms with E-state index in [0.29, 0.717) is 12.8 Å². The Bertz CT molecular complexity index is 351. The van der Waals surface area contributed by atoms with Crippen LogP contribution >= 0.6 is 0 Å². The molecule has 2 aliphatic rings. The van der Waals surface area contributed by atoms with Crippen molar-refractivity contribution >= 4 is 11.9 Å². The van der Waals surface area contributed by atoms with Crippen LogP contribution in [0.5, 0.6) is 0 Å². The second kappa shape index (κ2) is 6.03. The molecule has 0 radical (unpaired) electrons. The fraction of sp³-hybridized carbons (Fsp3) is 0.714. The summed E-state index contributed by atoms with van der Waals surface area (Å²) >= 11 is 0. The molecule has 0 saturated heterocycles. The average Bonchev–Trinajstić information content (AvgIpc) is 2.74. The zero-order chi connectivity index (χ0) is 13.0. The number of fused-ring (bicyclic) bond motifs is 1. The second-order valence-electron chi connectivity index (χ2n) is 5.23. The van der Waals surface area contributed by atoms with Gasteiger partial charge in [0.05, 0.1) is 12.0 Å². The Labute approximate surface area is 108 Å². The third-order valence-electron chi connectivity index (χ3n) is 3.66. The van der Waals surface area contributed by atoms with Crippen molar-refractivity contribution in [3.63, 3.8) is 0 Å². The van der Waals surface area contributed by atoms with Gasteiger partial charge in [-0.2, -0.15) is 0 Å². The van der Waals surface area contributed by atoms with Gasteiger partial charge in [-0.15, -0.1) is 0 Å². The highest BCUT2D eigenvalue weighted by Crippen LogP contribution is 2.24. The lowest BCUT2D eigenvalue weighted by Crippen LogP contribution is -2.42. The van der Waals surface area contributed by atoms with E-state index < -0.39 is 0 Å². The van der Waals surface area contributed by atoms with E-state index >= 15 is 0 Å². The molecule has 1 saturated carbocycles. The standard InChI is InChI=1S/C14H21NO3/c1-10-6-3-2-4-9-13(16)15-11-7-5-8-12(11)18-14(10)17/h2-3,10-12H,4-9H2,1H3,(H,15,16)/t10-,11+,12+/m1/s1. The minimum absolute atomic E-state index is 0.0112. The summed E-state index contributed by atoms with van der Waals surface area (Å²) in [6.07, 6.45) is 8.53. The molecule has 0 bridgehead atoms. The van der Waals surface area contributed by atoms with Crippen LogP contribution in [0.2, 0.25) is 0 Å². The van der Waals surface area contributed by atoms with Crippen molar-refractivity contribution in [1.82, 2.24) is 5.32 Å². The van der Waals surface area contributed by atoms with E-state index in [2.05, 4.69) is 5.32 Å². The molecule has 1 aliphatic carbocycles. The molecule has 3 atom stereocenters. The minimum atomic E-state index is -0.147. The maximum atomic E-state index is 11.9. The van der Waals surface area contributed by atoms with Crippen molar-refractivity contribution in [1.29, 1.82) is 0 Å². The maximum absolute atomic E-state index is 11.9. The van der Waals surface area contributed by atoms with Crippen molar-refractivity contribution in [3.8, 4) is 0 Å². The molecule has 0 unspecified atom stereocenters. The Hall–Kier alpha value is -1.32. The molecule has 2 rings (SSSR count). The fourth-order valence-electron chi connectivity index (χ4n) is 2.51. The second-order valence-corrected chi connectivity index (χ2v) is 5.23. The first-order valence-corrected chi connectivity index (χ1v) is 6.81. The van der Waals surface area contributed by atoms with E-state index in [1.54, 1.807) is 0 Å². The van der Waals surface area contributed by atoms with Crippen LogP contribution in [-0.4, -0.2) is 24.0 Å². The van der Waals surface area contributed by atoms with Gasteiger partial charge in [0.1, 0.15) is 6.10 Å². The SMILES string of the molecule is C[C@@H]1CC=CCCC(=O)N[C@H]2CCC[C@@H]2OC1=O. The van der Waals surface area contributed by atoms with Gasteiger partial charge in [0.25, 0.3) is 0 Å². The van der Waals surface area contributed by atoms with Gasteiger partial charge in [-0.25, -0.2) is 0 Å². The molecule has 100 valence electrons. The molecule has 0 spiro atoms. The number of nitrogens with one attached hydrogen (secondary N) is 1. The summed E-state index contributed by atoms with van der Waals surface area (Å²) in [5, 5.41) is 2.98. The molecule has 4 nitrogen and oxygen atoms in total. The van der Waals surface area contributed by atoms with Crippen molar-refractivity contribution in [2.75, 3.05) is 0 Å². The summed E-state index contributed by atoms with van der Waals surface area (Å²) in [6.45, 7) is 1.89. The minimum Gasteiger partial charge on any atom is -0.460 e. The van der Waals surface area contributed by atoms with Crippen LogP contribution in [0.4, 0.5) is 0 Å². The molecule has 0 aromatic heterocycles. The van der Waals surface area contributed by atoms with E-state index in [9.17, 15) is 9.59 Å². The van der Waals surface area contributed by atoms with Gasteiger partial charge in [0.15, 0.2) is 0 Å². The summed E-state index contributed by atoms with van der Waals surface area (Å²) in [7, 11) is 0. The van der Waals surface area contributed by atoms with Crippen LogP contribution in [0.25, 0.3) is 0 Å². The van der Waals surface area contributed by atoms with Gasteiger partial charge >= 0.3 is 5.97 Å². The molecule has 18 heavy (non-hydrogen) atoms. The van der Waals surface area contributed by atoms with Crippen molar-refractivity contribution in [2.24, 2.45) is 5.92 Å². The summed E-state index contributed by atoms with van der Waals surface area (Å²) in [5.41, 5.74) is 0. The third-order valence-corrected chi connectivity index (χ3v) is 3.66. The lowest BCUT2D eigenvalue weighted by atomic mass is 10.1. The van der Waals surface area contributed by atoms with Gasteiger partial charge in [-0.05, 0) is 32.1 Å². The van der Waals surface area contributed by atoms with Crippen molar-refractivity contribution in [2.45, 2.75) is 57.6 Å². The average molecular weight is 251 g/mol. The molecule has 0 aromatic carbocycles. The normalized spacial score (nSPS) is 33.9. The molecular weight excluding hydrogens is 230 g/mol. The molecule has 1 aliphatic heterocycles. The molecule has 1 amide bonds. The number of allylic oxidation sites excluding steroid dienone is 2. The Balaban J connectivity index is 2.06. The topological polar surface area (TPSA) is 55.4 Å². The predicted octanol–water partition coefficient (Wildman–Crippen LogP) is 1.94. The highest BCUT2D eigenvalue weighted by molar-refractivity contribution is 5.77. The smallest absolute Gasteiger partial charge is 0.309 e. The number of hydrogen-bond acceptors (Lipinski definition) is 3. The number of esters is 1. The Kier molecular flexibility index (Phi) is 4.39. The van der Waals surface area contributed by atoms with E-state index in [-0.39, 0.29) is 29.9 Å². The monoisotopic (exact) mass is 251 g/mol.